The fourth-order valence-corrected chi connectivity index (χ4v) is 2.35. The van der Waals surface area contributed by atoms with E-state index in [9.17, 15) is 14.4 Å². The molecule has 0 radical (unpaired) electrons. The maximum Gasteiger partial charge on any atom is 0.321 e. The predicted molar refractivity (Wildman–Crippen MR) is 95.1 cm³/mol. The first kappa shape index (κ1) is 20.5. The Labute approximate surface area is 148 Å². The second-order valence-electron chi connectivity index (χ2n) is 6.96. The van der Waals surface area contributed by atoms with Crippen molar-refractivity contribution in [2.45, 2.75) is 33.7 Å². The van der Waals surface area contributed by atoms with Crippen molar-refractivity contribution in [2.75, 3.05) is 13.7 Å². The van der Waals surface area contributed by atoms with E-state index in [0.717, 1.165) is 11.3 Å². The highest BCUT2D eigenvalue weighted by Crippen LogP contribution is 2.34. The van der Waals surface area contributed by atoms with Crippen LogP contribution < -0.4 is 20.7 Å². The first-order valence-electron chi connectivity index (χ1n) is 8.11. The predicted octanol–water partition coefficient (Wildman–Crippen LogP) is 1.99. The van der Waals surface area contributed by atoms with Gasteiger partial charge in [-0.05, 0) is 23.1 Å². The first-order chi connectivity index (χ1) is 11.7. The minimum Gasteiger partial charge on any atom is -0.497 e. The monoisotopic (exact) mass is 349 g/mol. The van der Waals surface area contributed by atoms with Crippen LogP contribution in [0.4, 0.5) is 4.79 Å². The largest absolute Gasteiger partial charge is 0.497 e. The summed E-state index contributed by atoms with van der Waals surface area (Å²) in [5.41, 5.74) is 0.725. The number of amides is 4. The van der Waals surface area contributed by atoms with Crippen LogP contribution in [0.1, 0.15) is 39.3 Å². The highest BCUT2D eigenvalue weighted by atomic mass is 16.5. The number of nitrogens with one attached hydrogen (secondary N) is 3. The molecule has 0 aliphatic carbocycles. The molecule has 0 bridgehead atoms. The number of methoxy groups -OCH3 is 1. The van der Waals surface area contributed by atoms with E-state index in [1.807, 2.05) is 50.4 Å². The second-order valence-corrected chi connectivity index (χ2v) is 6.96. The van der Waals surface area contributed by atoms with Crippen LogP contribution >= 0.6 is 0 Å². The zero-order valence-electron chi connectivity index (χ0n) is 15.4. The number of imide groups is 1. The van der Waals surface area contributed by atoms with Gasteiger partial charge in [0.1, 0.15) is 5.75 Å². The Morgan fingerprint density at radius 1 is 1.28 bits per heavy atom. The van der Waals surface area contributed by atoms with Gasteiger partial charge < -0.3 is 15.4 Å². The Hall–Kier alpha value is -2.57. The van der Waals surface area contributed by atoms with Crippen LogP contribution in [0, 0.1) is 11.3 Å². The van der Waals surface area contributed by atoms with Crippen molar-refractivity contribution in [1.82, 2.24) is 16.0 Å². The number of carbonyl (C=O) groups excluding carboxylic acids is 3. The molecule has 0 saturated carbocycles. The van der Waals surface area contributed by atoms with Gasteiger partial charge in [-0.2, -0.15) is 0 Å². The van der Waals surface area contributed by atoms with Crippen LogP contribution in [-0.4, -0.2) is 32.0 Å². The molecule has 0 aromatic heterocycles. The molecule has 7 heteroatoms. The van der Waals surface area contributed by atoms with Gasteiger partial charge in [-0.15, -0.1) is 0 Å². The van der Waals surface area contributed by atoms with Gasteiger partial charge in [-0.25, -0.2) is 4.79 Å². The highest BCUT2D eigenvalue weighted by Gasteiger charge is 2.29. The number of ether oxygens (including phenoxy) is 1. The fourth-order valence-electron chi connectivity index (χ4n) is 2.35. The Morgan fingerprint density at radius 2 is 1.96 bits per heavy atom. The molecule has 138 valence electrons. The molecule has 0 saturated heterocycles. The molecule has 3 N–H and O–H groups in total. The third kappa shape index (κ3) is 6.45. The number of hydrogen-bond donors (Lipinski definition) is 3. The number of hydrogen-bond acceptors (Lipinski definition) is 4. The summed E-state index contributed by atoms with van der Waals surface area (Å²) in [7, 11) is 1.60. The molecule has 25 heavy (non-hydrogen) atoms. The average Bonchev–Trinajstić information content (AvgIpc) is 2.56. The van der Waals surface area contributed by atoms with E-state index in [1.54, 1.807) is 14.0 Å². The van der Waals surface area contributed by atoms with Crippen molar-refractivity contribution in [3.8, 4) is 5.75 Å². The van der Waals surface area contributed by atoms with Crippen molar-refractivity contribution in [1.29, 1.82) is 0 Å². The highest BCUT2D eigenvalue weighted by molar-refractivity contribution is 5.85. The molecule has 4 amide bonds. The van der Waals surface area contributed by atoms with Gasteiger partial charge in [-0.1, -0.05) is 39.8 Å². The molecule has 7 nitrogen and oxygen atoms in total. The van der Waals surface area contributed by atoms with Gasteiger partial charge in [0.05, 0.1) is 19.1 Å². The minimum absolute atomic E-state index is 0.125. The molecule has 0 heterocycles. The summed E-state index contributed by atoms with van der Waals surface area (Å²) in [5.74, 6) is 0.0863. The maximum absolute atomic E-state index is 12.5. The lowest BCUT2D eigenvalue weighted by molar-refractivity contribution is -0.125. The lowest BCUT2D eigenvalue weighted by Gasteiger charge is -2.33. The van der Waals surface area contributed by atoms with Crippen LogP contribution in [0.25, 0.3) is 0 Å². The van der Waals surface area contributed by atoms with Crippen LogP contribution in [0.3, 0.4) is 0 Å². The summed E-state index contributed by atoms with van der Waals surface area (Å²) in [6, 6.07) is 6.73. The number of benzene rings is 1. The van der Waals surface area contributed by atoms with Crippen molar-refractivity contribution >= 4 is 18.3 Å². The summed E-state index contributed by atoms with van der Waals surface area (Å²) < 4.78 is 5.26. The molecule has 0 aliphatic heterocycles. The topological polar surface area (TPSA) is 96.5 Å². The standard InChI is InChI=1S/C18H27N3O4/c1-12(10-19-17(24)20-11-22)16(23)21-15(18(2,3)4)13-7-6-8-14(9-13)25-5/h6-9,11-12,15H,10H2,1-5H3,(H,21,23)(H2,19,20,22,24)/t12-,15?/m1/s1. The minimum atomic E-state index is -0.630. The summed E-state index contributed by atoms with van der Waals surface area (Å²) in [6.45, 7) is 7.95. The van der Waals surface area contributed by atoms with E-state index < -0.39 is 11.9 Å². The molecule has 1 unspecified atom stereocenters. The summed E-state index contributed by atoms with van der Waals surface area (Å²) in [5, 5.41) is 7.48. The van der Waals surface area contributed by atoms with E-state index in [2.05, 4.69) is 10.6 Å². The zero-order chi connectivity index (χ0) is 19.0. The molecule has 0 spiro atoms. The van der Waals surface area contributed by atoms with E-state index in [1.165, 1.54) is 0 Å². The molecule has 1 aromatic carbocycles. The SMILES string of the molecule is COc1cccc(C(NC(=O)[C@H](C)CNC(=O)NC=O)C(C)(C)C)c1. The van der Waals surface area contributed by atoms with Crippen LogP contribution in [0.2, 0.25) is 0 Å². The molecular formula is C18H27N3O4. The average molecular weight is 349 g/mol. The number of carbonyl (C=O) groups is 3. The zero-order valence-corrected chi connectivity index (χ0v) is 15.4. The van der Waals surface area contributed by atoms with E-state index in [0.29, 0.717) is 6.41 Å². The molecule has 0 aliphatic rings. The Morgan fingerprint density at radius 3 is 2.52 bits per heavy atom. The van der Waals surface area contributed by atoms with Crippen molar-refractivity contribution in [2.24, 2.45) is 11.3 Å². The molecule has 1 aromatic rings. The molecule has 0 fully saturated rings. The normalized spacial score (nSPS) is 13.3. The smallest absolute Gasteiger partial charge is 0.321 e. The van der Waals surface area contributed by atoms with Gasteiger partial charge in [0.2, 0.25) is 12.3 Å². The Bertz CT molecular complexity index is 611. The van der Waals surface area contributed by atoms with Crippen molar-refractivity contribution in [3.05, 3.63) is 29.8 Å². The Balaban J connectivity index is 2.83. The number of rotatable bonds is 7. The fraction of sp³-hybridized carbons (Fsp3) is 0.500. The van der Waals surface area contributed by atoms with Crippen molar-refractivity contribution in [3.63, 3.8) is 0 Å². The molecule has 2 atom stereocenters. The lowest BCUT2D eigenvalue weighted by atomic mass is 9.82. The van der Waals surface area contributed by atoms with Gasteiger partial charge in [0.25, 0.3) is 0 Å². The maximum atomic E-state index is 12.5. The number of urea groups is 1. The third-order valence-corrected chi connectivity index (χ3v) is 3.79. The second kappa shape index (κ2) is 9.05. The van der Waals surface area contributed by atoms with E-state index in [4.69, 9.17) is 4.74 Å². The van der Waals surface area contributed by atoms with Gasteiger partial charge in [0.15, 0.2) is 0 Å². The first-order valence-corrected chi connectivity index (χ1v) is 8.11. The van der Waals surface area contributed by atoms with Gasteiger partial charge in [-0.3, -0.25) is 14.9 Å². The van der Waals surface area contributed by atoms with Gasteiger partial charge >= 0.3 is 6.03 Å². The quantitative estimate of drug-likeness (QED) is 0.656. The summed E-state index contributed by atoms with van der Waals surface area (Å²) in [6.07, 6.45) is 0.290. The van der Waals surface area contributed by atoms with Crippen molar-refractivity contribution < 1.29 is 19.1 Å². The van der Waals surface area contributed by atoms with E-state index >= 15 is 0 Å². The van der Waals surface area contributed by atoms with E-state index in [-0.39, 0.29) is 23.9 Å². The molecule has 1 rings (SSSR count). The summed E-state index contributed by atoms with van der Waals surface area (Å²) in [4.78, 5) is 34.0. The lowest BCUT2D eigenvalue weighted by Crippen LogP contribution is -2.44. The van der Waals surface area contributed by atoms with Crippen LogP contribution in [-0.2, 0) is 9.59 Å². The van der Waals surface area contributed by atoms with Crippen LogP contribution in [0.5, 0.6) is 5.75 Å². The third-order valence-electron chi connectivity index (χ3n) is 3.79. The van der Waals surface area contributed by atoms with Gasteiger partial charge in [0, 0.05) is 6.54 Å². The van der Waals surface area contributed by atoms with Crippen LogP contribution in [0.15, 0.2) is 24.3 Å². The summed E-state index contributed by atoms with van der Waals surface area (Å²) >= 11 is 0. The Kier molecular flexibility index (Phi) is 7.42. The molecular weight excluding hydrogens is 322 g/mol.